The van der Waals surface area contributed by atoms with Crippen molar-refractivity contribution in [1.29, 1.82) is 0 Å². The van der Waals surface area contributed by atoms with Gasteiger partial charge in [0.25, 0.3) is 0 Å². The molecule has 0 aliphatic carbocycles. The van der Waals surface area contributed by atoms with E-state index in [2.05, 4.69) is 205 Å². The number of hydrogen-bond acceptors (Lipinski definition) is 1. The fraction of sp³-hybridized carbons (Fsp3) is 0. The van der Waals surface area contributed by atoms with Crippen LogP contribution in [0, 0.1) is 0 Å². The van der Waals surface area contributed by atoms with Gasteiger partial charge in [0, 0.05) is 0 Å². The Morgan fingerprint density at radius 2 is 0.587 bits per heavy atom. The summed E-state index contributed by atoms with van der Waals surface area (Å²) in [5.41, 5.74) is 3.42. The first-order valence-corrected chi connectivity index (χ1v) is 20.1. The summed E-state index contributed by atoms with van der Waals surface area (Å²) in [4.78, 5) is 2.39. The Balaban J connectivity index is 1.33. The Hall–Kier alpha value is -5.38. The van der Waals surface area contributed by atoms with Crippen molar-refractivity contribution < 1.29 is 0 Å². The molecule has 0 atom stereocenters. The van der Waals surface area contributed by atoms with E-state index in [4.69, 9.17) is 0 Å². The minimum atomic E-state index is -3.35. The molecule has 0 radical (unpaired) electrons. The van der Waals surface area contributed by atoms with E-state index in [-0.39, 0.29) is 0 Å². The average Bonchev–Trinajstić information content (AvgIpc) is 3.14. The minimum absolute atomic E-state index is 1.14. The van der Waals surface area contributed by atoms with E-state index >= 15 is 0 Å². The SMILES string of the molecule is c1cc[c]([Ge]([c]2ccccc2)([c]2ccccc2)[c]2ccc(N(c3ccc4ccccc4c3)c3ccc4ccccc4c3)cc2)cc1. The van der Waals surface area contributed by atoms with Gasteiger partial charge in [-0.2, -0.15) is 0 Å². The molecule has 0 spiro atoms. The van der Waals surface area contributed by atoms with Crippen LogP contribution in [-0.2, 0) is 0 Å². The number of anilines is 3. The number of fused-ring (bicyclic) bond motifs is 2. The van der Waals surface area contributed by atoms with E-state index in [1.165, 1.54) is 39.1 Å². The Labute approximate surface area is 273 Å². The van der Waals surface area contributed by atoms with E-state index in [1.807, 2.05) is 0 Å². The molecule has 2 heteroatoms. The molecule has 0 saturated heterocycles. The molecule has 0 aliphatic rings. The summed E-state index contributed by atoms with van der Waals surface area (Å²) in [5.74, 6) is 0. The van der Waals surface area contributed by atoms with Crippen LogP contribution in [0.2, 0.25) is 0 Å². The van der Waals surface area contributed by atoms with Gasteiger partial charge in [-0.3, -0.25) is 0 Å². The van der Waals surface area contributed by atoms with Crippen LogP contribution in [0.4, 0.5) is 17.1 Å². The van der Waals surface area contributed by atoms with Crippen LogP contribution >= 0.6 is 0 Å². The van der Waals surface area contributed by atoms with Crippen molar-refractivity contribution in [3.63, 3.8) is 0 Å². The quantitative estimate of drug-likeness (QED) is 0.156. The van der Waals surface area contributed by atoms with Crippen molar-refractivity contribution >= 4 is 69.5 Å². The third-order valence-electron chi connectivity index (χ3n) is 9.16. The van der Waals surface area contributed by atoms with Gasteiger partial charge >= 0.3 is 275 Å². The van der Waals surface area contributed by atoms with Gasteiger partial charge in [-0.1, -0.05) is 0 Å². The van der Waals surface area contributed by atoms with Gasteiger partial charge in [0.1, 0.15) is 0 Å². The summed E-state index contributed by atoms with van der Waals surface area (Å²) in [6, 6.07) is 73.7. The van der Waals surface area contributed by atoms with Crippen molar-refractivity contribution in [2.24, 2.45) is 0 Å². The van der Waals surface area contributed by atoms with Crippen molar-refractivity contribution in [2.75, 3.05) is 4.90 Å². The van der Waals surface area contributed by atoms with Crippen LogP contribution in [0.25, 0.3) is 21.5 Å². The van der Waals surface area contributed by atoms with Gasteiger partial charge in [0.05, 0.1) is 0 Å². The van der Waals surface area contributed by atoms with Gasteiger partial charge in [-0.25, -0.2) is 0 Å². The predicted octanol–water partition coefficient (Wildman–Crippen LogP) is 8.84. The Morgan fingerprint density at radius 1 is 0.261 bits per heavy atom. The molecule has 0 bridgehead atoms. The number of hydrogen-bond donors (Lipinski definition) is 0. The van der Waals surface area contributed by atoms with Crippen molar-refractivity contribution in [3.05, 3.63) is 200 Å². The molecule has 0 N–H and O–H groups in total. The third kappa shape index (κ3) is 4.99. The molecule has 0 aliphatic heterocycles. The van der Waals surface area contributed by atoms with Gasteiger partial charge < -0.3 is 0 Å². The molecule has 1 nitrogen and oxygen atoms in total. The monoisotopic (exact) mass is 649 g/mol. The standard InChI is InChI=1S/C44H33GeN/c1-4-18-38(19-5-1)45(39-20-6-2-7-21-39,40-22-8-3-9-23-40)41-26-30-42(31-27-41)46(43-28-24-34-14-10-12-16-36(34)32-43)44-29-25-35-15-11-13-17-37(35)33-44/h1-33H. The van der Waals surface area contributed by atoms with Crippen LogP contribution < -0.4 is 22.5 Å². The Morgan fingerprint density at radius 3 is 1.00 bits per heavy atom. The maximum atomic E-state index is 2.40. The van der Waals surface area contributed by atoms with Gasteiger partial charge in [-0.05, 0) is 0 Å². The van der Waals surface area contributed by atoms with E-state index in [9.17, 15) is 0 Å². The molecular weight excluding hydrogens is 615 g/mol. The van der Waals surface area contributed by atoms with Crippen LogP contribution in [0.5, 0.6) is 0 Å². The first kappa shape index (κ1) is 28.1. The maximum absolute atomic E-state index is 3.35. The Kier molecular flexibility index (Phi) is 7.45. The molecule has 8 aromatic carbocycles. The van der Waals surface area contributed by atoms with Gasteiger partial charge in [0.15, 0.2) is 0 Å². The molecule has 218 valence electrons. The normalized spacial score (nSPS) is 11.5. The van der Waals surface area contributed by atoms with Crippen LogP contribution in [0.3, 0.4) is 0 Å². The van der Waals surface area contributed by atoms with Crippen LogP contribution in [0.15, 0.2) is 200 Å². The second kappa shape index (κ2) is 12.2. The molecule has 0 saturated carbocycles. The second-order valence-corrected chi connectivity index (χ2v) is 19.8. The summed E-state index contributed by atoms with van der Waals surface area (Å²) < 4.78 is 5.68. The topological polar surface area (TPSA) is 3.24 Å². The molecule has 0 unspecified atom stereocenters. The predicted molar refractivity (Wildman–Crippen MR) is 200 cm³/mol. The molecule has 0 amide bonds. The molecule has 0 aromatic heterocycles. The zero-order valence-electron chi connectivity index (χ0n) is 25.5. The Bertz CT molecular complexity index is 2070. The van der Waals surface area contributed by atoms with Gasteiger partial charge in [0.2, 0.25) is 0 Å². The summed E-state index contributed by atoms with van der Waals surface area (Å²) >= 11 is -3.35. The molecule has 0 heterocycles. The fourth-order valence-electron chi connectivity index (χ4n) is 7.00. The van der Waals surface area contributed by atoms with Crippen LogP contribution in [0.1, 0.15) is 0 Å². The molecule has 8 aromatic rings. The summed E-state index contributed by atoms with van der Waals surface area (Å²) in [5, 5.41) is 4.94. The average molecular weight is 648 g/mol. The summed E-state index contributed by atoms with van der Waals surface area (Å²) in [6.45, 7) is 0. The first-order valence-electron chi connectivity index (χ1n) is 15.9. The molecule has 8 rings (SSSR count). The fourth-order valence-corrected chi connectivity index (χ4v) is 17.0. The van der Waals surface area contributed by atoms with E-state index in [0.29, 0.717) is 0 Å². The van der Waals surface area contributed by atoms with E-state index < -0.39 is 13.3 Å². The first-order chi connectivity index (χ1) is 22.8. The number of nitrogens with zero attached hydrogens (tertiary/aromatic N) is 1. The van der Waals surface area contributed by atoms with Crippen LogP contribution in [-0.4, -0.2) is 13.3 Å². The second-order valence-electron chi connectivity index (χ2n) is 11.8. The molecule has 0 fully saturated rings. The zero-order chi connectivity index (χ0) is 30.8. The van der Waals surface area contributed by atoms with E-state index in [0.717, 1.165) is 17.1 Å². The number of benzene rings is 8. The van der Waals surface area contributed by atoms with Crippen molar-refractivity contribution in [1.82, 2.24) is 0 Å². The molecule has 46 heavy (non-hydrogen) atoms. The number of rotatable bonds is 7. The van der Waals surface area contributed by atoms with E-state index in [1.54, 1.807) is 0 Å². The summed E-state index contributed by atoms with van der Waals surface area (Å²) in [6.07, 6.45) is 0. The summed E-state index contributed by atoms with van der Waals surface area (Å²) in [7, 11) is 0. The van der Waals surface area contributed by atoms with Gasteiger partial charge in [-0.15, -0.1) is 0 Å². The zero-order valence-corrected chi connectivity index (χ0v) is 27.6. The van der Waals surface area contributed by atoms with Crippen molar-refractivity contribution in [2.45, 2.75) is 0 Å². The van der Waals surface area contributed by atoms with Crippen molar-refractivity contribution in [3.8, 4) is 0 Å². The third-order valence-corrected chi connectivity index (χ3v) is 19.2. The molecular formula is C44H33GeN.